The Bertz CT molecular complexity index is 418. The van der Waals surface area contributed by atoms with Crippen LogP contribution in [0.25, 0.3) is 0 Å². The molecule has 20 heavy (non-hydrogen) atoms. The zero-order valence-electron chi connectivity index (χ0n) is 12.7. The van der Waals surface area contributed by atoms with E-state index in [1.807, 2.05) is 12.1 Å². The van der Waals surface area contributed by atoms with Gasteiger partial charge in [-0.25, -0.2) is 4.39 Å². The van der Waals surface area contributed by atoms with E-state index in [2.05, 4.69) is 18.9 Å². The lowest BCUT2D eigenvalue weighted by Gasteiger charge is -2.46. The summed E-state index contributed by atoms with van der Waals surface area (Å²) in [6, 6.07) is 6.81. The summed E-state index contributed by atoms with van der Waals surface area (Å²) in [6.07, 6.45) is 6.22. The highest BCUT2D eigenvalue weighted by atomic mass is 19.1. The Morgan fingerprint density at radius 2 is 2.05 bits per heavy atom. The van der Waals surface area contributed by atoms with Crippen molar-refractivity contribution in [3.8, 4) is 0 Å². The minimum absolute atomic E-state index is 0.118. The Morgan fingerprint density at radius 1 is 1.35 bits per heavy atom. The molecule has 0 heterocycles. The fourth-order valence-electron chi connectivity index (χ4n) is 3.53. The van der Waals surface area contributed by atoms with Crippen molar-refractivity contribution < 1.29 is 4.39 Å². The van der Waals surface area contributed by atoms with Gasteiger partial charge in [-0.15, -0.1) is 0 Å². The van der Waals surface area contributed by atoms with Crippen LogP contribution >= 0.6 is 0 Å². The number of hydrogen-bond donors (Lipinski definition) is 1. The van der Waals surface area contributed by atoms with Crippen molar-refractivity contribution in [2.75, 3.05) is 13.6 Å². The highest BCUT2D eigenvalue weighted by Gasteiger charge is 2.37. The molecule has 3 heteroatoms. The van der Waals surface area contributed by atoms with Gasteiger partial charge in [0.25, 0.3) is 0 Å². The van der Waals surface area contributed by atoms with Crippen LogP contribution in [0.4, 0.5) is 4.39 Å². The van der Waals surface area contributed by atoms with Gasteiger partial charge in [0.15, 0.2) is 0 Å². The van der Waals surface area contributed by atoms with Gasteiger partial charge in [0.1, 0.15) is 5.82 Å². The lowest BCUT2D eigenvalue weighted by atomic mass is 9.73. The summed E-state index contributed by atoms with van der Waals surface area (Å²) in [7, 11) is 2.16. The van der Waals surface area contributed by atoms with Crippen molar-refractivity contribution in [2.45, 2.75) is 51.1 Å². The molecule has 2 atom stereocenters. The second kappa shape index (κ2) is 6.68. The van der Waals surface area contributed by atoms with Crippen LogP contribution in [0.15, 0.2) is 24.3 Å². The van der Waals surface area contributed by atoms with Crippen LogP contribution < -0.4 is 5.73 Å². The number of rotatable bonds is 5. The van der Waals surface area contributed by atoms with E-state index in [1.54, 1.807) is 0 Å². The first kappa shape index (κ1) is 15.5. The molecule has 1 saturated carbocycles. The SMILES string of the molecule is CCC1CCCC(CN)(N(C)Cc2ccc(F)cc2)C1. The van der Waals surface area contributed by atoms with Crippen molar-refractivity contribution in [2.24, 2.45) is 11.7 Å². The molecule has 0 bridgehead atoms. The van der Waals surface area contributed by atoms with Gasteiger partial charge >= 0.3 is 0 Å². The molecule has 2 N–H and O–H groups in total. The fourth-order valence-corrected chi connectivity index (χ4v) is 3.53. The maximum absolute atomic E-state index is 13.0. The van der Waals surface area contributed by atoms with E-state index in [-0.39, 0.29) is 11.4 Å². The first-order chi connectivity index (χ1) is 9.59. The molecule has 0 radical (unpaired) electrons. The lowest BCUT2D eigenvalue weighted by molar-refractivity contribution is 0.0504. The summed E-state index contributed by atoms with van der Waals surface area (Å²) < 4.78 is 13.0. The molecular formula is C17H27FN2. The second-order valence-corrected chi connectivity index (χ2v) is 6.28. The number of likely N-dealkylation sites (N-methyl/N-ethyl adjacent to an activating group) is 1. The normalized spacial score (nSPS) is 26.9. The van der Waals surface area contributed by atoms with Gasteiger partial charge in [-0.2, -0.15) is 0 Å². The third-order valence-corrected chi connectivity index (χ3v) is 5.02. The average Bonchev–Trinajstić information content (AvgIpc) is 2.49. The first-order valence-electron chi connectivity index (χ1n) is 7.75. The molecule has 1 aliphatic carbocycles. The summed E-state index contributed by atoms with van der Waals surface area (Å²) in [5.74, 6) is 0.622. The van der Waals surface area contributed by atoms with E-state index >= 15 is 0 Å². The van der Waals surface area contributed by atoms with Crippen LogP contribution in [0.1, 0.15) is 44.6 Å². The molecule has 1 fully saturated rings. The summed E-state index contributed by atoms with van der Waals surface area (Å²) >= 11 is 0. The number of nitrogens with zero attached hydrogens (tertiary/aromatic N) is 1. The van der Waals surface area contributed by atoms with Crippen molar-refractivity contribution in [1.29, 1.82) is 0 Å². The van der Waals surface area contributed by atoms with Gasteiger partial charge in [0, 0.05) is 18.6 Å². The summed E-state index contributed by atoms with van der Waals surface area (Å²) in [5, 5.41) is 0. The Labute approximate surface area is 122 Å². The molecule has 2 unspecified atom stereocenters. The number of halogens is 1. The lowest BCUT2D eigenvalue weighted by Crippen LogP contribution is -2.54. The van der Waals surface area contributed by atoms with Crippen molar-refractivity contribution >= 4 is 0 Å². The zero-order valence-corrected chi connectivity index (χ0v) is 12.7. The van der Waals surface area contributed by atoms with Crippen LogP contribution in [-0.2, 0) is 6.54 Å². The minimum Gasteiger partial charge on any atom is -0.329 e. The average molecular weight is 278 g/mol. The minimum atomic E-state index is -0.173. The quantitative estimate of drug-likeness (QED) is 0.892. The fraction of sp³-hybridized carbons (Fsp3) is 0.647. The molecule has 2 nitrogen and oxygen atoms in total. The van der Waals surface area contributed by atoms with Crippen molar-refractivity contribution in [1.82, 2.24) is 4.90 Å². The Hall–Kier alpha value is -0.930. The summed E-state index contributed by atoms with van der Waals surface area (Å²) in [6.45, 7) is 3.83. The van der Waals surface area contributed by atoms with E-state index in [0.717, 1.165) is 18.0 Å². The largest absolute Gasteiger partial charge is 0.329 e. The Kier molecular flexibility index (Phi) is 5.17. The van der Waals surface area contributed by atoms with Gasteiger partial charge in [-0.1, -0.05) is 38.3 Å². The maximum Gasteiger partial charge on any atom is 0.123 e. The molecule has 0 saturated heterocycles. The monoisotopic (exact) mass is 278 g/mol. The van der Waals surface area contributed by atoms with E-state index in [1.165, 1.54) is 44.2 Å². The maximum atomic E-state index is 13.0. The zero-order chi connectivity index (χ0) is 14.6. The molecule has 1 aromatic carbocycles. The van der Waals surface area contributed by atoms with Gasteiger partial charge in [-0.3, -0.25) is 4.90 Å². The van der Waals surface area contributed by atoms with Crippen LogP contribution in [0.2, 0.25) is 0 Å². The van der Waals surface area contributed by atoms with Crippen molar-refractivity contribution in [3.63, 3.8) is 0 Å². The van der Waals surface area contributed by atoms with E-state index in [4.69, 9.17) is 5.73 Å². The molecule has 0 spiro atoms. The van der Waals surface area contributed by atoms with E-state index < -0.39 is 0 Å². The first-order valence-corrected chi connectivity index (χ1v) is 7.75. The molecule has 0 aliphatic heterocycles. The van der Waals surface area contributed by atoms with E-state index in [0.29, 0.717) is 6.54 Å². The van der Waals surface area contributed by atoms with Gasteiger partial charge in [0.05, 0.1) is 0 Å². The summed E-state index contributed by atoms with van der Waals surface area (Å²) in [4.78, 5) is 2.39. The smallest absolute Gasteiger partial charge is 0.123 e. The van der Waals surface area contributed by atoms with Crippen LogP contribution in [0.5, 0.6) is 0 Å². The van der Waals surface area contributed by atoms with Gasteiger partial charge < -0.3 is 5.73 Å². The van der Waals surface area contributed by atoms with Crippen LogP contribution in [0.3, 0.4) is 0 Å². The third-order valence-electron chi connectivity index (χ3n) is 5.02. The number of hydrogen-bond acceptors (Lipinski definition) is 2. The van der Waals surface area contributed by atoms with Crippen LogP contribution in [0, 0.1) is 11.7 Å². The molecular weight excluding hydrogens is 251 g/mol. The summed E-state index contributed by atoms with van der Waals surface area (Å²) in [5.41, 5.74) is 7.40. The van der Waals surface area contributed by atoms with Gasteiger partial charge in [0.2, 0.25) is 0 Å². The predicted octanol–water partition coefficient (Wildman–Crippen LogP) is 3.56. The van der Waals surface area contributed by atoms with Gasteiger partial charge in [-0.05, 0) is 43.5 Å². The third kappa shape index (κ3) is 3.39. The van der Waals surface area contributed by atoms with Crippen LogP contribution in [-0.4, -0.2) is 24.0 Å². The predicted molar refractivity (Wildman–Crippen MR) is 81.9 cm³/mol. The molecule has 2 rings (SSSR count). The van der Waals surface area contributed by atoms with E-state index in [9.17, 15) is 4.39 Å². The topological polar surface area (TPSA) is 29.3 Å². The molecule has 0 amide bonds. The molecule has 0 aromatic heterocycles. The number of nitrogens with two attached hydrogens (primary N) is 1. The molecule has 112 valence electrons. The number of benzene rings is 1. The highest BCUT2D eigenvalue weighted by Crippen LogP contribution is 2.37. The molecule has 1 aromatic rings. The Balaban J connectivity index is 2.08. The standard InChI is InChI=1S/C17H27FN2/c1-3-14-5-4-10-17(11-14,13-19)20(2)12-15-6-8-16(18)9-7-15/h6-9,14H,3-5,10-13,19H2,1-2H3. The Morgan fingerprint density at radius 3 is 2.65 bits per heavy atom. The molecule has 1 aliphatic rings. The highest BCUT2D eigenvalue weighted by molar-refractivity contribution is 5.16. The van der Waals surface area contributed by atoms with Crippen molar-refractivity contribution in [3.05, 3.63) is 35.6 Å². The second-order valence-electron chi connectivity index (χ2n) is 6.28.